The minimum absolute atomic E-state index is 0.0770. The van der Waals surface area contributed by atoms with Gasteiger partial charge in [0.05, 0.1) is 0 Å². The van der Waals surface area contributed by atoms with Gasteiger partial charge >= 0.3 is 12.1 Å². The predicted octanol–water partition coefficient (Wildman–Crippen LogP) is 4.02. The first-order valence-electron chi connectivity index (χ1n) is 11.4. The van der Waals surface area contributed by atoms with E-state index in [1.807, 2.05) is 50.2 Å². The highest BCUT2D eigenvalue weighted by molar-refractivity contribution is 5.93. The number of nitrogens with zero attached hydrogens (tertiary/aromatic N) is 1. The fraction of sp³-hybridized carbons (Fsp3) is 0.423. The molecule has 2 aliphatic carbocycles. The molecule has 0 unspecified atom stereocenters. The number of nitrogens with one attached hydrogen (secondary N) is 1. The molecule has 4 rings (SSSR count). The molecule has 0 saturated heterocycles. The van der Waals surface area contributed by atoms with Crippen molar-refractivity contribution in [3.05, 3.63) is 59.7 Å². The number of aliphatic carboxylic acids is 1. The Bertz CT molecular complexity index is 1030. The first-order valence-corrected chi connectivity index (χ1v) is 11.4. The number of fused-ring (bicyclic) bond motifs is 3. The molecular formula is C26H30N2O5. The topological polar surface area (TPSA) is 95.9 Å². The molecule has 1 saturated carbocycles. The zero-order chi connectivity index (χ0) is 23.8. The number of amides is 2. The van der Waals surface area contributed by atoms with E-state index in [1.165, 1.54) is 11.9 Å². The van der Waals surface area contributed by atoms with Crippen LogP contribution in [0, 0.1) is 5.92 Å². The SMILES string of the molecule is CC(C)C[C@H](NC(=O)OCC1c2ccccc2-c2ccccc21)C(=O)N(C)C1(C(=O)O)CC1. The highest BCUT2D eigenvalue weighted by Crippen LogP contribution is 2.44. The highest BCUT2D eigenvalue weighted by Gasteiger charge is 2.56. The normalized spacial score (nSPS) is 16.5. The summed E-state index contributed by atoms with van der Waals surface area (Å²) in [6.45, 7) is 4.05. The third kappa shape index (κ3) is 4.32. The van der Waals surface area contributed by atoms with E-state index in [4.69, 9.17) is 4.74 Å². The van der Waals surface area contributed by atoms with Gasteiger partial charge < -0.3 is 20.1 Å². The second-order valence-corrected chi connectivity index (χ2v) is 9.39. The Morgan fingerprint density at radius 2 is 1.61 bits per heavy atom. The van der Waals surface area contributed by atoms with E-state index in [0.29, 0.717) is 19.3 Å². The summed E-state index contributed by atoms with van der Waals surface area (Å²) in [6, 6.07) is 15.3. The molecule has 0 heterocycles. The van der Waals surface area contributed by atoms with Gasteiger partial charge in [0.25, 0.3) is 0 Å². The number of likely N-dealkylation sites (N-methyl/N-ethyl adjacent to an activating group) is 1. The lowest BCUT2D eigenvalue weighted by Crippen LogP contribution is -2.54. The summed E-state index contributed by atoms with van der Waals surface area (Å²) in [4.78, 5) is 38.7. The minimum Gasteiger partial charge on any atom is -0.479 e. The van der Waals surface area contributed by atoms with Crippen molar-refractivity contribution in [1.82, 2.24) is 10.2 Å². The zero-order valence-corrected chi connectivity index (χ0v) is 19.2. The van der Waals surface area contributed by atoms with E-state index in [1.54, 1.807) is 0 Å². The monoisotopic (exact) mass is 450 g/mol. The van der Waals surface area contributed by atoms with E-state index < -0.39 is 29.6 Å². The Labute approximate surface area is 193 Å². The molecule has 0 spiro atoms. The molecular weight excluding hydrogens is 420 g/mol. The van der Waals surface area contributed by atoms with E-state index >= 15 is 0 Å². The summed E-state index contributed by atoms with van der Waals surface area (Å²) in [6.07, 6.45) is 0.557. The van der Waals surface area contributed by atoms with Crippen LogP contribution in [0.1, 0.15) is 50.2 Å². The Morgan fingerprint density at radius 3 is 2.09 bits per heavy atom. The maximum atomic E-state index is 13.1. The summed E-state index contributed by atoms with van der Waals surface area (Å²) in [5.74, 6) is -1.37. The van der Waals surface area contributed by atoms with Crippen molar-refractivity contribution in [2.75, 3.05) is 13.7 Å². The van der Waals surface area contributed by atoms with E-state index in [9.17, 15) is 19.5 Å². The largest absolute Gasteiger partial charge is 0.479 e. The number of carboxylic acids is 1. The third-order valence-corrected chi connectivity index (χ3v) is 6.74. The molecule has 33 heavy (non-hydrogen) atoms. The van der Waals surface area contributed by atoms with Crippen LogP contribution in [0.3, 0.4) is 0 Å². The summed E-state index contributed by atoms with van der Waals surface area (Å²) in [5, 5.41) is 12.2. The van der Waals surface area contributed by atoms with E-state index in [2.05, 4.69) is 17.4 Å². The average molecular weight is 451 g/mol. The van der Waals surface area contributed by atoms with Gasteiger partial charge in [0, 0.05) is 13.0 Å². The molecule has 1 fully saturated rings. The van der Waals surface area contributed by atoms with Gasteiger partial charge in [-0.15, -0.1) is 0 Å². The van der Waals surface area contributed by atoms with Crippen LogP contribution in [0.2, 0.25) is 0 Å². The van der Waals surface area contributed by atoms with E-state index in [-0.39, 0.29) is 18.4 Å². The summed E-state index contributed by atoms with van der Waals surface area (Å²) in [5.41, 5.74) is 3.34. The van der Waals surface area contributed by atoms with Gasteiger partial charge in [0.2, 0.25) is 5.91 Å². The molecule has 0 bridgehead atoms. The lowest BCUT2D eigenvalue weighted by atomic mass is 9.98. The van der Waals surface area contributed by atoms with Gasteiger partial charge in [-0.3, -0.25) is 4.79 Å². The average Bonchev–Trinajstić information content (AvgIpc) is 3.55. The van der Waals surface area contributed by atoms with Crippen LogP contribution < -0.4 is 5.32 Å². The van der Waals surface area contributed by atoms with Crippen molar-refractivity contribution in [3.8, 4) is 11.1 Å². The number of rotatable bonds is 8. The van der Waals surface area contributed by atoms with Crippen molar-refractivity contribution >= 4 is 18.0 Å². The Balaban J connectivity index is 1.44. The van der Waals surface area contributed by atoms with Gasteiger partial charge in [0.1, 0.15) is 18.2 Å². The number of hydrogen-bond donors (Lipinski definition) is 2. The zero-order valence-electron chi connectivity index (χ0n) is 19.2. The van der Waals surface area contributed by atoms with E-state index in [0.717, 1.165) is 22.3 Å². The van der Waals surface area contributed by atoms with Gasteiger partial charge in [-0.05, 0) is 47.4 Å². The minimum atomic E-state index is -1.16. The number of carbonyl (C=O) groups excluding carboxylic acids is 2. The molecule has 174 valence electrons. The number of benzene rings is 2. The van der Waals surface area contributed by atoms with Crippen LogP contribution in [0.5, 0.6) is 0 Å². The summed E-state index contributed by atoms with van der Waals surface area (Å²) < 4.78 is 5.59. The molecule has 2 N–H and O–H groups in total. The highest BCUT2D eigenvalue weighted by atomic mass is 16.5. The molecule has 0 aromatic heterocycles. The van der Waals surface area contributed by atoms with Crippen LogP contribution >= 0.6 is 0 Å². The fourth-order valence-electron chi connectivity index (χ4n) is 4.73. The van der Waals surface area contributed by atoms with Crippen molar-refractivity contribution in [2.45, 2.75) is 50.6 Å². The fourth-order valence-corrected chi connectivity index (χ4v) is 4.73. The maximum absolute atomic E-state index is 13.1. The first-order chi connectivity index (χ1) is 15.7. The Hall–Kier alpha value is -3.35. The van der Waals surface area contributed by atoms with Crippen LogP contribution in [0.15, 0.2) is 48.5 Å². The second kappa shape index (κ2) is 8.89. The number of alkyl carbamates (subject to hydrolysis) is 1. The molecule has 2 aliphatic rings. The number of carboxylic acid groups (broad SMARTS) is 1. The Morgan fingerprint density at radius 1 is 1.06 bits per heavy atom. The van der Waals surface area contributed by atoms with Crippen LogP contribution in [-0.2, 0) is 14.3 Å². The third-order valence-electron chi connectivity index (χ3n) is 6.74. The lowest BCUT2D eigenvalue weighted by Gasteiger charge is -2.30. The maximum Gasteiger partial charge on any atom is 0.407 e. The molecule has 2 aromatic rings. The molecule has 0 radical (unpaired) electrons. The first kappa shape index (κ1) is 22.8. The van der Waals surface area contributed by atoms with Gasteiger partial charge in [0.15, 0.2) is 0 Å². The van der Waals surface area contributed by atoms with Gasteiger partial charge in [-0.1, -0.05) is 62.4 Å². The van der Waals surface area contributed by atoms with Crippen molar-refractivity contribution in [2.24, 2.45) is 5.92 Å². The molecule has 0 aliphatic heterocycles. The van der Waals surface area contributed by atoms with Crippen LogP contribution in [-0.4, -0.2) is 53.2 Å². The quantitative estimate of drug-likeness (QED) is 0.633. The molecule has 7 heteroatoms. The standard InChI is InChI=1S/C26H30N2O5/c1-16(2)14-22(23(29)28(3)26(12-13-26)24(30)31)27-25(32)33-15-21-19-10-6-4-8-17(19)18-9-5-7-11-20(18)21/h4-11,16,21-22H,12-15H2,1-3H3,(H,27,32)(H,30,31)/t22-/m0/s1. The Kier molecular flexibility index (Phi) is 6.15. The lowest BCUT2D eigenvalue weighted by molar-refractivity contribution is -0.151. The number of hydrogen-bond acceptors (Lipinski definition) is 4. The predicted molar refractivity (Wildman–Crippen MR) is 124 cm³/mol. The van der Waals surface area contributed by atoms with Crippen molar-refractivity contribution < 1.29 is 24.2 Å². The molecule has 7 nitrogen and oxygen atoms in total. The summed E-state index contributed by atoms with van der Waals surface area (Å²) in [7, 11) is 1.50. The van der Waals surface area contributed by atoms with Gasteiger partial charge in [-0.2, -0.15) is 0 Å². The van der Waals surface area contributed by atoms with Crippen LogP contribution in [0.25, 0.3) is 11.1 Å². The smallest absolute Gasteiger partial charge is 0.407 e. The summed E-state index contributed by atoms with van der Waals surface area (Å²) >= 11 is 0. The van der Waals surface area contributed by atoms with Crippen LogP contribution in [0.4, 0.5) is 4.79 Å². The second-order valence-electron chi connectivity index (χ2n) is 9.39. The molecule has 2 aromatic carbocycles. The molecule has 2 amide bonds. The van der Waals surface area contributed by atoms with Gasteiger partial charge in [-0.25, -0.2) is 9.59 Å². The van der Waals surface area contributed by atoms with Crippen molar-refractivity contribution in [3.63, 3.8) is 0 Å². The van der Waals surface area contributed by atoms with Crippen molar-refractivity contribution in [1.29, 1.82) is 0 Å². The number of carbonyl (C=O) groups is 3. The molecule has 1 atom stereocenters. The number of ether oxygens (including phenoxy) is 1.